The molecule has 1 unspecified atom stereocenters. The smallest absolute Gasteiger partial charge is 0.412 e. The van der Waals surface area contributed by atoms with Crippen LogP contribution in [-0.2, 0) is 15.9 Å². The van der Waals surface area contributed by atoms with Gasteiger partial charge < -0.3 is 9.47 Å². The van der Waals surface area contributed by atoms with Crippen LogP contribution in [-0.4, -0.2) is 23.8 Å². The van der Waals surface area contributed by atoms with E-state index in [1.165, 1.54) is 0 Å². The molecular formula is C20H26N2O3. The molecule has 2 rings (SSSR count). The van der Waals surface area contributed by atoms with Gasteiger partial charge in [0.1, 0.15) is 11.7 Å². The second kappa shape index (κ2) is 8.12. The number of hydrogen-bond donors (Lipinski definition) is 1. The number of nitrogens with zero attached hydrogens (tertiary/aromatic N) is 1. The summed E-state index contributed by atoms with van der Waals surface area (Å²) >= 11 is 0. The highest BCUT2D eigenvalue weighted by atomic mass is 16.6. The van der Waals surface area contributed by atoms with Crippen LogP contribution >= 0.6 is 0 Å². The number of hydrogen-bond acceptors (Lipinski definition) is 4. The molecule has 1 atom stereocenters. The molecule has 0 aliphatic carbocycles. The van der Waals surface area contributed by atoms with E-state index in [9.17, 15) is 4.79 Å². The largest absolute Gasteiger partial charge is 0.444 e. The van der Waals surface area contributed by atoms with Crippen molar-refractivity contribution >= 4 is 11.8 Å². The maximum atomic E-state index is 11.8. The zero-order valence-electron chi connectivity index (χ0n) is 15.5. The Balaban J connectivity index is 2.13. The van der Waals surface area contributed by atoms with Gasteiger partial charge in [-0.25, -0.2) is 4.79 Å². The molecule has 134 valence electrons. The summed E-state index contributed by atoms with van der Waals surface area (Å²) in [6, 6.07) is 13.4. The standard InChI is InChI=1S/C20H26N2O3/c1-6-15-8-7-9-17(21-15)18(24-5)14-10-12-16(13-11-14)22-19(23)25-20(2,3)4/h7-13,18H,6H2,1-5H3,(H,22,23). The van der Waals surface area contributed by atoms with Crippen LogP contribution in [0.5, 0.6) is 0 Å². The Bertz CT molecular complexity index is 706. The Hall–Kier alpha value is -2.40. The van der Waals surface area contributed by atoms with E-state index in [1.807, 2.05) is 63.2 Å². The number of aryl methyl sites for hydroxylation is 1. The number of methoxy groups -OCH3 is 1. The second-order valence-corrected chi connectivity index (χ2v) is 6.77. The van der Waals surface area contributed by atoms with Crippen LogP contribution in [0, 0.1) is 0 Å². The molecule has 0 saturated heterocycles. The lowest BCUT2D eigenvalue weighted by atomic mass is 10.0. The SMILES string of the molecule is CCc1cccc(C(OC)c2ccc(NC(=O)OC(C)(C)C)cc2)n1. The number of carbonyl (C=O) groups excluding carboxylic acids is 1. The van der Waals surface area contributed by atoms with Gasteiger partial charge in [-0.3, -0.25) is 10.3 Å². The maximum Gasteiger partial charge on any atom is 0.412 e. The molecule has 1 aromatic carbocycles. The Morgan fingerprint density at radius 3 is 2.40 bits per heavy atom. The molecule has 0 aliphatic rings. The lowest BCUT2D eigenvalue weighted by Gasteiger charge is -2.20. The number of pyridine rings is 1. The number of anilines is 1. The van der Waals surface area contributed by atoms with Crippen molar-refractivity contribution in [2.24, 2.45) is 0 Å². The lowest BCUT2D eigenvalue weighted by Crippen LogP contribution is -2.27. The quantitative estimate of drug-likeness (QED) is 0.853. The van der Waals surface area contributed by atoms with Gasteiger partial charge in [0, 0.05) is 18.5 Å². The fraction of sp³-hybridized carbons (Fsp3) is 0.400. The highest BCUT2D eigenvalue weighted by Crippen LogP contribution is 2.25. The zero-order valence-corrected chi connectivity index (χ0v) is 15.5. The van der Waals surface area contributed by atoms with Crippen LogP contribution in [0.3, 0.4) is 0 Å². The fourth-order valence-corrected chi connectivity index (χ4v) is 2.43. The van der Waals surface area contributed by atoms with Gasteiger partial charge in [-0.1, -0.05) is 25.1 Å². The molecule has 5 nitrogen and oxygen atoms in total. The van der Waals surface area contributed by atoms with Crippen molar-refractivity contribution in [3.8, 4) is 0 Å². The minimum atomic E-state index is -0.527. The number of rotatable bonds is 5. The predicted molar refractivity (Wildman–Crippen MR) is 98.8 cm³/mol. The van der Waals surface area contributed by atoms with Gasteiger partial charge >= 0.3 is 6.09 Å². The molecule has 0 bridgehead atoms. The van der Waals surface area contributed by atoms with Crippen molar-refractivity contribution in [1.29, 1.82) is 0 Å². The molecule has 0 radical (unpaired) electrons. The second-order valence-electron chi connectivity index (χ2n) is 6.77. The number of aromatic nitrogens is 1. The first-order valence-electron chi connectivity index (χ1n) is 8.41. The van der Waals surface area contributed by atoms with Crippen molar-refractivity contribution in [2.75, 3.05) is 12.4 Å². The third-order valence-corrected chi connectivity index (χ3v) is 3.55. The predicted octanol–water partition coefficient (Wildman–Crippen LogP) is 4.73. The average Bonchev–Trinajstić information content (AvgIpc) is 2.55. The summed E-state index contributed by atoms with van der Waals surface area (Å²) in [5.74, 6) is 0. The fourth-order valence-electron chi connectivity index (χ4n) is 2.43. The molecule has 0 saturated carbocycles. The van der Waals surface area contributed by atoms with Crippen molar-refractivity contribution in [1.82, 2.24) is 4.98 Å². The minimum absolute atomic E-state index is 0.248. The van der Waals surface area contributed by atoms with Gasteiger partial charge in [-0.15, -0.1) is 0 Å². The van der Waals surface area contributed by atoms with Crippen molar-refractivity contribution in [3.63, 3.8) is 0 Å². The lowest BCUT2D eigenvalue weighted by molar-refractivity contribution is 0.0636. The summed E-state index contributed by atoms with van der Waals surface area (Å²) in [4.78, 5) is 16.5. The van der Waals surface area contributed by atoms with Gasteiger partial charge in [-0.05, 0) is 57.0 Å². The molecule has 0 aliphatic heterocycles. The van der Waals surface area contributed by atoms with Crippen LogP contribution in [0.1, 0.15) is 50.8 Å². The van der Waals surface area contributed by atoms with E-state index >= 15 is 0 Å². The van der Waals surface area contributed by atoms with Crippen LogP contribution in [0.25, 0.3) is 0 Å². The monoisotopic (exact) mass is 342 g/mol. The highest BCUT2D eigenvalue weighted by Gasteiger charge is 2.17. The third-order valence-electron chi connectivity index (χ3n) is 3.55. The van der Waals surface area contributed by atoms with Gasteiger partial charge in [0.15, 0.2) is 0 Å². The van der Waals surface area contributed by atoms with E-state index in [1.54, 1.807) is 7.11 Å². The molecule has 2 aromatic rings. The number of amides is 1. The van der Waals surface area contributed by atoms with Crippen molar-refractivity contribution in [3.05, 3.63) is 59.4 Å². The summed E-state index contributed by atoms with van der Waals surface area (Å²) < 4.78 is 10.9. The van der Waals surface area contributed by atoms with E-state index in [0.717, 1.165) is 23.4 Å². The minimum Gasteiger partial charge on any atom is -0.444 e. The van der Waals surface area contributed by atoms with Crippen molar-refractivity contribution in [2.45, 2.75) is 45.8 Å². The van der Waals surface area contributed by atoms with E-state index < -0.39 is 11.7 Å². The topological polar surface area (TPSA) is 60.5 Å². The molecule has 1 amide bonds. The summed E-state index contributed by atoms with van der Waals surface area (Å²) in [7, 11) is 1.66. The Kier molecular flexibility index (Phi) is 6.15. The molecule has 1 aromatic heterocycles. The Labute approximate surface area is 149 Å². The number of nitrogens with one attached hydrogen (secondary N) is 1. The summed E-state index contributed by atoms with van der Waals surface area (Å²) in [5.41, 5.74) is 3.01. The third kappa shape index (κ3) is 5.57. The zero-order chi connectivity index (χ0) is 18.4. The van der Waals surface area contributed by atoms with Crippen LogP contribution < -0.4 is 5.32 Å². The van der Waals surface area contributed by atoms with E-state index in [0.29, 0.717) is 5.69 Å². The van der Waals surface area contributed by atoms with Gasteiger partial charge in [-0.2, -0.15) is 0 Å². The van der Waals surface area contributed by atoms with E-state index in [-0.39, 0.29) is 6.10 Å². The number of carbonyl (C=O) groups is 1. The molecule has 5 heteroatoms. The Morgan fingerprint density at radius 2 is 1.84 bits per heavy atom. The summed E-state index contributed by atoms with van der Waals surface area (Å²) in [6.45, 7) is 7.56. The van der Waals surface area contributed by atoms with Crippen LogP contribution in [0.2, 0.25) is 0 Å². The molecule has 0 spiro atoms. The normalized spacial score (nSPS) is 12.5. The van der Waals surface area contributed by atoms with Gasteiger partial charge in [0.05, 0.1) is 5.69 Å². The van der Waals surface area contributed by atoms with Crippen LogP contribution in [0.15, 0.2) is 42.5 Å². The highest BCUT2D eigenvalue weighted by molar-refractivity contribution is 5.84. The first-order chi connectivity index (χ1) is 11.8. The van der Waals surface area contributed by atoms with Gasteiger partial charge in [0.2, 0.25) is 0 Å². The van der Waals surface area contributed by atoms with Crippen LogP contribution in [0.4, 0.5) is 10.5 Å². The number of benzene rings is 1. The molecule has 1 N–H and O–H groups in total. The molecule has 1 heterocycles. The maximum absolute atomic E-state index is 11.8. The number of ether oxygens (including phenoxy) is 2. The first-order valence-corrected chi connectivity index (χ1v) is 8.41. The molecule has 0 fully saturated rings. The Morgan fingerprint density at radius 1 is 1.16 bits per heavy atom. The first kappa shape index (κ1) is 18.9. The van der Waals surface area contributed by atoms with Gasteiger partial charge in [0.25, 0.3) is 0 Å². The molecule has 25 heavy (non-hydrogen) atoms. The summed E-state index contributed by atoms with van der Waals surface area (Å²) in [5, 5.41) is 2.72. The van der Waals surface area contributed by atoms with E-state index in [4.69, 9.17) is 9.47 Å². The summed E-state index contributed by atoms with van der Waals surface area (Å²) in [6.07, 6.45) is 0.158. The van der Waals surface area contributed by atoms with Crippen molar-refractivity contribution < 1.29 is 14.3 Å². The average molecular weight is 342 g/mol. The van der Waals surface area contributed by atoms with E-state index in [2.05, 4.69) is 17.2 Å². The molecular weight excluding hydrogens is 316 g/mol.